The maximum Gasteiger partial charge on any atom is 0.408 e. The molecule has 0 spiro atoms. The molecule has 0 aromatic heterocycles. The minimum absolute atomic E-state index is 0.0150. The van der Waals surface area contributed by atoms with Crippen molar-refractivity contribution in [2.75, 3.05) is 11.6 Å². The van der Waals surface area contributed by atoms with Crippen LogP contribution in [0.1, 0.15) is 84.0 Å². The van der Waals surface area contributed by atoms with E-state index in [0.29, 0.717) is 11.3 Å². The molecule has 1 aliphatic rings. The van der Waals surface area contributed by atoms with Crippen LogP contribution in [0.4, 0.5) is 10.5 Å². The fourth-order valence-electron chi connectivity index (χ4n) is 4.51. The Morgan fingerprint density at radius 1 is 0.917 bits per heavy atom. The molecular weight excluding hydrogens is 476 g/mol. The Hall–Kier alpha value is -2.87. The third-order valence-electron chi connectivity index (χ3n) is 6.68. The lowest BCUT2D eigenvalue weighted by molar-refractivity contribution is -0.118. The molecule has 0 heterocycles. The number of sulfone groups is 1. The van der Waals surface area contributed by atoms with Gasteiger partial charge in [-0.2, -0.15) is 0 Å². The Balaban J connectivity index is 1.98. The third-order valence-corrected chi connectivity index (χ3v) is 7.81. The molecule has 7 nitrogen and oxygen atoms in total. The van der Waals surface area contributed by atoms with Crippen molar-refractivity contribution in [1.29, 1.82) is 0 Å². The maximum atomic E-state index is 13.5. The van der Waals surface area contributed by atoms with Crippen LogP contribution in [0.3, 0.4) is 0 Å². The molecule has 2 amide bonds. The number of carbonyl (C=O) groups is 2. The number of hydrogen-bond acceptors (Lipinski definition) is 5. The summed E-state index contributed by atoms with van der Waals surface area (Å²) in [7, 11) is -3.36. The minimum Gasteiger partial charge on any atom is -0.444 e. The Bertz CT molecular complexity index is 1260. The zero-order valence-corrected chi connectivity index (χ0v) is 23.3. The monoisotopic (exact) mass is 514 g/mol. The highest BCUT2D eigenvalue weighted by molar-refractivity contribution is 7.90. The van der Waals surface area contributed by atoms with E-state index >= 15 is 0 Å². The van der Waals surface area contributed by atoms with Gasteiger partial charge in [-0.1, -0.05) is 45.9 Å². The van der Waals surface area contributed by atoms with E-state index in [2.05, 4.69) is 44.4 Å². The summed E-state index contributed by atoms with van der Waals surface area (Å²) in [5, 5.41) is 5.53. The molecule has 1 atom stereocenters. The number of fused-ring (bicyclic) bond motifs is 1. The number of benzene rings is 2. The molecule has 36 heavy (non-hydrogen) atoms. The first kappa shape index (κ1) is 27.7. The van der Waals surface area contributed by atoms with Crippen LogP contribution < -0.4 is 10.6 Å². The summed E-state index contributed by atoms with van der Waals surface area (Å²) in [5.74, 6) is -0.458. The lowest BCUT2D eigenvalue weighted by atomic mass is 9.63. The van der Waals surface area contributed by atoms with Crippen LogP contribution in [0, 0.1) is 0 Å². The molecule has 0 aliphatic heterocycles. The van der Waals surface area contributed by atoms with E-state index < -0.39 is 33.5 Å². The number of rotatable bonds is 5. The Morgan fingerprint density at radius 3 is 2.00 bits per heavy atom. The molecule has 0 fully saturated rings. The van der Waals surface area contributed by atoms with E-state index in [0.717, 1.165) is 24.7 Å². The van der Waals surface area contributed by atoms with Gasteiger partial charge in [-0.25, -0.2) is 13.2 Å². The van der Waals surface area contributed by atoms with E-state index in [1.54, 1.807) is 20.8 Å². The largest absolute Gasteiger partial charge is 0.444 e. The van der Waals surface area contributed by atoms with Gasteiger partial charge in [0.2, 0.25) is 0 Å². The van der Waals surface area contributed by atoms with Gasteiger partial charge >= 0.3 is 6.09 Å². The number of alkyl carbamates (subject to hydrolysis) is 1. The number of amides is 2. The van der Waals surface area contributed by atoms with E-state index in [1.807, 2.05) is 12.1 Å². The average Bonchev–Trinajstić information content (AvgIpc) is 2.73. The first-order valence-electron chi connectivity index (χ1n) is 12.1. The molecular formula is C28H38N2O5S. The van der Waals surface area contributed by atoms with Crippen LogP contribution in [-0.4, -0.2) is 32.3 Å². The van der Waals surface area contributed by atoms with Gasteiger partial charge in [0, 0.05) is 11.9 Å². The molecule has 3 rings (SSSR count). The highest BCUT2D eigenvalue weighted by atomic mass is 32.2. The summed E-state index contributed by atoms with van der Waals surface area (Å²) >= 11 is 0. The number of carbonyl (C=O) groups excluding carboxylic acids is 2. The van der Waals surface area contributed by atoms with Gasteiger partial charge in [-0.15, -0.1) is 0 Å². The van der Waals surface area contributed by atoms with Gasteiger partial charge < -0.3 is 15.4 Å². The van der Waals surface area contributed by atoms with Crippen molar-refractivity contribution in [3.05, 3.63) is 59.2 Å². The number of hydrogen-bond donors (Lipinski definition) is 2. The van der Waals surface area contributed by atoms with Crippen molar-refractivity contribution in [2.24, 2.45) is 0 Å². The molecule has 1 aliphatic carbocycles. The molecule has 196 valence electrons. The average molecular weight is 515 g/mol. The topological polar surface area (TPSA) is 102 Å². The van der Waals surface area contributed by atoms with Crippen molar-refractivity contribution in [2.45, 2.75) is 88.7 Å². The Morgan fingerprint density at radius 2 is 1.47 bits per heavy atom. The van der Waals surface area contributed by atoms with Gasteiger partial charge in [0.15, 0.2) is 9.84 Å². The van der Waals surface area contributed by atoms with Gasteiger partial charge in [0.1, 0.15) is 11.6 Å². The lowest BCUT2D eigenvalue weighted by Gasteiger charge is -2.42. The van der Waals surface area contributed by atoms with Crippen LogP contribution in [-0.2, 0) is 30.2 Å². The van der Waals surface area contributed by atoms with E-state index in [4.69, 9.17) is 4.74 Å². The highest BCUT2D eigenvalue weighted by Crippen LogP contribution is 2.46. The molecule has 2 aromatic rings. The first-order chi connectivity index (χ1) is 16.4. The maximum absolute atomic E-state index is 13.5. The Labute approximate surface area is 214 Å². The summed E-state index contributed by atoms with van der Waals surface area (Å²) in [4.78, 5) is 26.3. The molecule has 8 heteroatoms. The quantitative estimate of drug-likeness (QED) is 0.537. The zero-order chi connectivity index (χ0) is 27.1. The van der Waals surface area contributed by atoms with Crippen molar-refractivity contribution in [1.82, 2.24) is 5.32 Å². The molecule has 0 radical (unpaired) electrons. The summed E-state index contributed by atoms with van der Waals surface area (Å²) in [6, 6.07) is 10.9. The predicted octanol–water partition coefficient (Wildman–Crippen LogP) is 5.64. The van der Waals surface area contributed by atoms with Gasteiger partial charge in [-0.3, -0.25) is 4.79 Å². The van der Waals surface area contributed by atoms with E-state index in [9.17, 15) is 18.0 Å². The van der Waals surface area contributed by atoms with Gasteiger partial charge in [0.25, 0.3) is 5.91 Å². The number of anilines is 1. The van der Waals surface area contributed by atoms with Crippen molar-refractivity contribution in [3.8, 4) is 0 Å². The Kier molecular flexibility index (Phi) is 7.34. The standard InChI is InChI=1S/C28H38N2O5S/c1-26(2,3)35-25(32)30-23(24(31)29-19-10-12-20(13-11-19)36(8,33)34)18-9-14-21-22(17-18)28(6,7)16-15-27(21,4)5/h9-14,17,23H,15-16H2,1-8H3,(H,29,31)(H,30,32). The lowest BCUT2D eigenvalue weighted by Crippen LogP contribution is -2.40. The highest BCUT2D eigenvalue weighted by Gasteiger charge is 2.38. The predicted molar refractivity (Wildman–Crippen MR) is 142 cm³/mol. The number of ether oxygens (including phenoxy) is 1. The van der Waals surface area contributed by atoms with Crippen molar-refractivity contribution in [3.63, 3.8) is 0 Å². The van der Waals surface area contributed by atoms with E-state index in [-0.39, 0.29) is 15.7 Å². The zero-order valence-electron chi connectivity index (χ0n) is 22.5. The van der Waals surface area contributed by atoms with Gasteiger partial charge in [-0.05, 0) is 85.4 Å². The normalized spacial score (nSPS) is 17.4. The summed E-state index contributed by atoms with van der Waals surface area (Å²) in [5.41, 5.74) is 2.69. The summed E-state index contributed by atoms with van der Waals surface area (Å²) in [6.45, 7) is 14.1. The summed E-state index contributed by atoms with van der Waals surface area (Å²) in [6.07, 6.45) is 2.50. The molecule has 0 bridgehead atoms. The molecule has 0 saturated heterocycles. The van der Waals surface area contributed by atoms with Gasteiger partial charge in [0.05, 0.1) is 4.90 Å². The second-order valence-corrected chi connectivity index (χ2v) is 14.0. The van der Waals surface area contributed by atoms with Crippen molar-refractivity contribution >= 4 is 27.5 Å². The molecule has 2 N–H and O–H groups in total. The number of nitrogens with one attached hydrogen (secondary N) is 2. The SMILES string of the molecule is CC(C)(C)OC(=O)NC(C(=O)Nc1ccc(S(C)(=O)=O)cc1)c1ccc2c(c1)C(C)(C)CCC2(C)C. The minimum atomic E-state index is -3.36. The van der Waals surface area contributed by atoms with Crippen LogP contribution in [0.2, 0.25) is 0 Å². The first-order valence-corrected chi connectivity index (χ1v) is 14.0. The van der Waals surface area contributed by atoms with E-state index in [1.165, 1.54) is 29.8 Å². The van der Waals surface area contributed by atoms with Crippen LogP contribution in [0.25, 0.3) is 0 Å². The second-order valence-electron chi connectivity index (χ2n) is 11.9. The van der Waals surface area contributed by atoms with Crippen LogP contribution >= 0.6 is 0 Å². The van der Waals surface area contributed by atoms with Crippen LogP contribution in [0.5, 0.6) is 0 Å². The molecule has 0 saturated carbocycles. The second kappa shape index (κ2) is 9.54. The summed E-state index contributed by atoms with van der Waals surface area (Å²) < 4.78 is 29.0. The fourth-order valence-corrected chi connectivity index (χ4v) is 5.14. The molecule has 2 aromatic carbocycles. The van der Waals surface area contributed by atoms with Crippen molar-refractivity contribution < 1.29 is 22.7 Å². The fraction of sp³-hybridized carbons (Fsp3) is 0.500. The van der Waals surface area contributed by atoms with Crippen LogP contribution in [0.15, 0.2) is 47.4 Å². The third kappa shape index (κ3) is 6.46. The molecule has 1 unspecified atom stereocenters. The smallest absolute Gasteiger partial charge is 0.408 e.